The summed E-state index contributed by atoms with van der Waals surface area (Å²) >= 11 is 5.80. The first-order valence-corrected chi connectivity index (χ1v) is 11.7. The van der Waals surface area contributed by atoms with Gasteiger partial charge < -0.3 is 20.1 Å². The van der Waals surface area contributed by atoms with Crippen LogP contribution in [0.1, 0.15) is 53.3 Å². The van der Waals surface area contributed by atoms with Gasteiger partial charge in [0.1, 0.15) is 11.6 Å². The van der Waals surface area contributed by atoms with Crippen molar-refractivity contribution in [3.63, 3.8) is 0 Å². The minimum Gasteiger partial charge on any atom is -0.490 e. The molecule has 0 saturated heterocycles. The Labute approximate surface area is 203 Å². The molecule has 0 unspecified atom stereocenters. The number of carbonyl (C=O) groups is 3. The topological polar surface area (TPSA) is 93.7 Å². The van der Waals surface area contributed by atoms with E-state index < -0.39 is 11.7 Å². The van der Waals surface area contributed by atoms with Crippen LogP contribution in [0.2, 0.25) is 5.02 Å². The lowest BCUT2D eigenvalue weighted by atomic mass is 9.87. The molecule has 34 heavy (non-hydrogen) atoms. The van der Waals surface area contributed by atoms with Crippen molar-refractivity contribution in [1.82, 2.24) is 10.6 Å². The van der Waals surface area contributed by atoms with Gasteiger partial charge in [0.05, 0.1) is 24.2 Å². The van der Waals surface area contributed by atoms with E-state index in [0.717, 1.165) is 0 Å². The molecule has 0 heterocycles. The molecule has 2 aromatic carbocycles. The second kappa shape index (κ2) is 12.4. The Morgan fingerprint density at radius 2 is 1.62 bits per heavy atom. The number of halogens is 2. The third-order valence-electron chi connectivity index (χ3n) is 5.58. The molecule has 1 fully saturated rings. The van der Waals surface area contributed by atoms with Gasteiger partial charge in [-0.3, -0.25) is 14.4 Å². The molecule has 1 aliphatic rings. The number of rotatable bonds is 9. The molecule has 182 valence electrons. The van der Waals surface area contributed by atoms with Gasteiger partial charge in [0.2, 0.25) is 0 Å². The smallest absolute Gasteiger partial charge is 0.308 e. The Morgan fingerprint density at radius 1 is 0.971 bits per heavy atom. The first-order chi connectivity index (χ1) is 16.4. The summed E-state index contributed by atoms with van der Waals surface area (Å²) < 4.78 is 25.4. The van der Waals surface area contributed by atoms with Crippen LogP contribution in [-0.2, 0) is 9.53 Å². The molecule has 1 saturated carbocycles. The van der Waals surface area contributed by atoms with Gasteiger partial charge in [0.25, 0.3) is 11.8 Å². The first-order valence-electron chi connectivity index (χ1n) is 11.3. The maximum Gasteiger partial charge on any atom is 0.308 e. The van der Waals surface area contributed by atoms with Crippen molar-refractivity contribution in [2.24, 2.45) is 5.92 Å². The molecule has 1 aliphatic carbocycles. The zero-order valence-electron chi connectivity index (χ0n) is 18.9. The van der Waals surface area contributed by atoms with Gasteiger partial charge in [-0.2, -0.15) is 0 Å². The molecule has 0 spiro atoms. The number of esters is 1. The second-order valence-corrected chi connectivity index (χ2v) is 8.44. The predicted octanol–water partition coefficient (Wildman–Crippen LogP) is 4.14. The maximum atomic E-state index is 14.5. The average Bonchev–Trinajstić information content (AvgIpc) is 2.82. The molecular weight excluding hydrogens is 463 g/mol. The number of nitrogens with one attached hydrogen (secondary N) is 2. The third-order valence-corrected chi connectivity index (χ3v) is 5.84. The molecule has 2 amide bonds. The van der Waals surface area contributed by atoms with E-state index in [1.165, 1.54) is 12.1 Å². The Hall–Kier alpha value is -3.13. The van der Waals surface area contributed by atoms with E-state index in [9.17, 15) is 18.8 Å². The molecule has 7 nitrogen and oxygen atoms in total. The van der Waals surface area contributed by atoms with Gasteiger partial charge >= 0.3 is 5.97 Å². The van der Waals surface area contributed by atoms with Crippen molar-refractivity contribution in [3.8, 4) is 5.75 Å². The van der Waals surface area contributed by atoms with Crippen molar-refractivity contribution in [1.29, 1.82) is 0 Å². The lowest BCUT2D eigenvalue weighted by molar-refractivity contribution is -0.149. The van der Waals surface area contributed by atoms with Gasteiger partial charge in [0.15, 0.2) is 0 Å². The summed E-state index contributed by atoms with van der Waals surface area (Å²) in [7, 11) is 0. The third kappa shape index (κ3) is 7.18. The summed E-state index contributed by atoms with van der Waals surface area (Å²) in [5.41, 5.74) is 0.342. The van der Waals surface area contributed by atoms with Crippen LogP contribution in [0.4, 0.5) is 4.39 Å². The minimum absolute atomic E-state index is 0.109. The van der Waals surface area contributed by atoms with E-state index in [2.05, 4.69) is 10.6 Å². The molecule has 2 aromatic rings. The monoisotopic (exact) mass is 490 g/mol. The van der Waals surface area contributed by atoms with Gasteiger partial charge in [-0.25, -0.2) is 4.39 Å². The normalized spacial score (nSPS) is 17.5. The van der Waals surface area contributed by atoms with Crippen LogP contribution in [-0.4, -0.2) is 43.6 Å². The molecule has 2 N–H and O–H groups in total. The number of hydrogen-bond donors (Lipinski definition) is 2. The van der Waals surface area contributed by atoms with Crippen LogP contribution in [0.25, 0.3) is 0 Å². The fourth-order valence-corrected chi connectivity index (χ4v) is 3.90. The predicted molar refractivity (Wildman–Crippen MR) is 126 cm³/mol. The Balaban J connectivity index is 1.42. The fraction of sp³-hybridized carbons (Fsp3) is 0.400. The van der Waals surface area contributed by atoms with Gasteiger partial charge in [-0.05, 0) is 69.0 Å². The minimum atomic E-state index is -0.694. The number of hydrogen-bond acceptors (Lipinski definition) is 5. The Kier molecular flexibility index (Phi) is 9.27. The quantitative estimate of drug-likeness (QED) is 0.407. The largest absolute Gasteiger partial charge is 0.490 e. The highest BCUT2D eigenvalue weighted by Gasteiger charge is 2.28. The maximum absolute atomic E-state index is 14.5. The van der Waals surface area contributed by atoms with E-state index in [1.54, 1.807) is 37.3 Å². The second-order valence-electron chi connectivity index (χ2n) is 8.00. The number of benzene rings is 2. The van der Waals surface area contributed by atoms with Crippen LogP contribution < -0.4 is 15.4 Å². The van der Waals surface area contributed by atoms with Crippen molar-refractivity contribution < 1.29 is 28.2 Å². The summed E-state index contributed by atoms with van der Waals surface area (Å²) in [5.74, 6) is -1.52. The molecule has 3 rings (SSSR count). The van der Waals surface area contributed by atoms with Crippen molar-refractivity contribution in [2.75, 3.05) is 19.7 Å². The zero-order chi connectivity index (χ0) is 24.5. The van der Waals surface area contributed by atoms with E-state index in [4.69, 9.17) is 21.1 Å². The van der Waals surface area contributed by atoms with Crippen LogP contribution in [0, 0.1) is 11.7 Å². The van der Waals surface area contributed by atoms with E-state index in [1.807, 2.05) is 0 Å². The van der Waals surface area contributed by atoms with Crippen molar-refractivity contribution in [2.45, 2.75) is 38.7 Å². The van der Waals surface area contributed by atoms with Crippen molar-refractivity contribution >= 4 is 29.4 Å². The molecule has 0 aromatic heterocycles. The van der Waals surface area contributed by atoms with E-state index in [0.29, 0.717) is 48.6 Å². The summed E-state index contributed by atoms with van der Waals surface area (Å²) in [5, 5.41) is 5.79. The van der Waals surface area contributed by atoms with E-state index >= 15 is 0 Å². The highest BCUT2D eigenvalue weighted by molar-refractivity contribution is 6.30. The highest BCUT2D eigenvalue weighted by atomic mass is 35.5. The lowest BCUT2D eigenvalue weighted by Crippen LogP contribution is -2.35. The number of amides is 2. The van der Waals surface area contributed by atoms with Crippen LogP contribution in [0.3, 0.4) is 0 Å². The Bertz CT molecular complexity index is 1010. The standard InChI is InChI=1S/C25H28ClFN2O5/c1-2-33-25(32)17-5-9-19(10-6-17)34-20-11-12-21(22(27)15-20)24(31)29-14-13-28-23(30)16-3-7-18(26)8-4-16/h3-4,7-8,11-12,15,17,19H,2,5-6,9-10,13-14H2,1H3,(H,28,30)(H,29,31). The summed E-state index contributed by atoms with van der Waals surface area (Å²) in [6, 6.07) is 10.5. The van der Waals surface area contributed by atoms with Crippen LogP contribution in [0.5, 0.6) is 5.75 Å². The Morgan fingerprint density at radius 3 is 2.24 bits per heavy atom. The molecule has 9 heteroatoms. The van der Waals surface area contributed by atoms with Gasteiger partial charge in [-0.1, -0.05) is 11.6 Å². The molecule has 0 radical (unpaired) electrons. The van der Waals surface area contributed by atoms with Gasteiger partial charge in [0, 0.05) is 29.7 Å². The molecule has 0 atom stereocenters. The van der Waals surface area contributed by atoms with Crippen molar-refractivity contribution in [3.05, 3.63) is 64.4 Å². The summed E-state index contributed by atoms with van der Waals surface area (Å²) in [4.78, 5) is 36.2. The first kappa shape index (κ1) is 25.5. The van der Waals surface area contributed by atoms with Gasteiger partial charge in [-0.15, -0.1) is 0 Å². The van der Waals surface area contributed by atoms with Crippen LogP contribution >= 0.6 is 11.6 Å². The molecular formula is C25H28ClFN2O5. The van der Waals surface area contributed by atoms with Crippen LogP contribution in [0.15, 0.2) is 42.5 Å². The zero-order valence-corrected chi connectivity index (χ0v) is 19.7. The number of carbonyl (C=O) groups excluding carboxylic acids is 3. The fourth-order valence-electron chi connectivity index (χ4n) is 3.77. The lowest BCUT2D eigenvalue weighted by Gasteiger charge is -2.27. The van der Waals surface area contributed by atoms with E-state index in [-0.39, 0.29) is 42.6 Å². The summed E-state index contributed by atoms with van der Waals surface area (Å²) in [6.45, 7) is 2.47. The average molecular weight is 491 g/mol. The summed E-state index contributed by atoms with van der Waals surface area (Å²) in [6.07, 6.45) is 2.57. The number of ether oxygens (including phenoxy) is 2. The highest BCUT2D eigenvalue weighted by Crippen LogP contribution is 2.29. The SMILES string of the molecule is CCOC(=O)C1CCC(Oc2ccc(C(=O)NCCNC(=O)c3ccc(Cl)cc3)c(F)c2)CC1. The molecule has 0 aliphatic heterocycles. The molecule has 0 bridgehead atoms.